The summed E-state index contributed by atoms with van der Waals surface area (Å²) in [5, 5.41) is 20.3. The molecular formula is C23H29NO3. The summed E-state index contributed by atoms with van der Waals surface area (Å²) in [6.45, 7) is 2.93. The number of rotatable bonds is 6. The third-order valence-corrected chi connectivity index (χ3v) is 5.72. The van der Waals surface area contributed by atoms with Gasteiger partial charge in [-0.05, 0) is 29.5 Å². The Morgan fingerprint density at radius 3 is 2.41 bits per heavy atom. The normalized spacial score (nSPS) is 22.6. The molecule has 3 rings (SSSR count). The molecule has 0 unspecified atom stereocenters. The molecule has 0 aliphatic carbocycles. The highest BCUT2D eigenvalue weighted by Gasteiger charge is 2.42. The first-order valence-electron chi connectivity index (χ1n) is 9.79. The number of carbonyl (C=O) groups is 1. The Hall–Kier alpha value is -2.17. The molecule has 1 aliphatic heterocycles. The lowest BCUT2D eigenvalue weighted by Crippen LogP contribution is -2.55. The van der Waals surface area contributed by atoms with E-state index in [0.717, 1.165) is 29.5 Å². The Morgan fingerprint density at radius 2 is 1.78 bits per heavy atom. The van der Waals surface area contributed by atoms with E-state index in [0.29, 0.717) is 25.9 Å². The Morgan fingerprint density at radius 1 is 1.11 bits per heavy atom. The topological polar surface area (TPSA) is 60.8 Å². The number of aliphatic hydroxyl groups excluding tert-OH is 2. The zero-order valence-electron chi connectivity index (χ0n) is 16.0. The van der Waals surface area contributed by atoms with E-state index < -0.39 is 11.5 Å². The van der Waals surface area contributed by atoms with Crippen molar-refractivity contribution in [1.29, 1.82) is 0 Å². The molecule has 2 atom stereocenters. The van der Waals surface area contributed by atoms with Gasteiger partial charge in [0.25, 0.3) is 0 Å². The third-order valence-electron chi connectivity index (χ3n) is 5.72. The van der Waals surface area contributed by atoms with Crippen LogP contribution in [-0.2, 0) is 11.2 Å². The number of amides is 1. The monoisotopic (exact) mass is 367 g/mol. The minimum Gasteiger partial charge on any atom is -0.396 e. The van der Waals surface area contributed by atoms with E-state index in [9.17, 15) is 15.0 Å². The second-order valence-electron chi connectivity index (χ2n) is 7.63. The molecule has 4 nitrogen and oxygen atoms in total. The summed E-state index contributed by atoms with van der Waals surface area (Å²) < 4.78 is 0. The molecule has 2 aromatic rings. The highest BCUT2D eigenvalue weighted by molar-refractivity contribution is 5.79. The predicted molar refractivity (Wildman–Crippen MR) is 107 cm³/mol. The predicted octanol–water partition coefficient (Wildman–Crippen LogP) is 3.27. The van der Waals surface area contributed by atoms with Gasteiger partial charge in [0.2, 0.25) is 5.91 Å². The molecule has 27 heavy (non-hydrogen) atoms. The van der Waals surface area contributed by atoms with Gasteiger partial charge in [0.15, 0.2) is 0 Å². The number of carbonyl (C=O) groups excluding carboxylic acids is 1. The number of piperidine rings is 1. The van der Waals surface area contributed by atoms with Gasteiger partial charge < -0.3 is 15.1 Å². The van der Waals surface area contributed by atoms with Crippen LogP contribution in [0.3, 0.4) is 0 Å². The number of benzene rings is 2. The first kappa shape index (κ1) is 19.6. The van der Waals surface area contributed by atoms with Gasteiger partial charge in [0.1, 0.15) is 0 Å². The van der Waals surface area contributed by atoms with E-state index >= 15 is 0 Å². The van der Waals surface area contributed by atoms with Gasteiger partial charge >= 0.3 is 0 Å². The minimum absolute atomic E-state index is 0.0586. The van der Waals surface area contributed by atoms with Crippen LogP contribution in [0.15, 0.2) is 54.6 Å². The summed E-state index contributed by atoms with van der Waals surface area (Å²) in [4.78, 5) is 14.6. The zero-order chi connectivity index (χ0) is 19.3. The van der Waals surface area contributed by atoms with Crippen LogP contribution in [0.2, 0.25) is 0 Å². The van der Waals surface area contributed by atoms with Crippen molar-refractivity contribution in [3.63, 3.8) is 0 Å². The number of aliphatic hydroxyl groups is 2. The van der Waals surface area contributed by atoms with E-state index in [1.54, 1.807) is 0 Å². The van der Waals surface area contributed by atoms with Crippen LogP contribution in [0.4, 0.5) is 0 Å². The Kier molecular flexibility index (Phi) is 6.30. The Labute approximate surface area is 161 Å². The molecule has 1 heterocycles. The molecular weight excluding hydrogens is 338 g/mol. The van der Waals surface area contributed by atoms with Crippen molar-refractivity contribution in [2.75, 3.05) is 19.7 Å². The third kappa shape index (κ3) is 4.40. The summed E-state index contributed by atoms with van der Waals surface area (Å²) in [6.07, 6.45) is 1.93. The van der Waals surface area contributed by atoms with Crippen LogP contribution in [-0.4, -0.2) is 46.8 Å². The van der Waals surface area contributed by atoms with Gasteiger partial charge in [-0.1, -0.05) is 67.9 Å². The van der Waals surface area contributed by atoms with Crippen LogP contribution in [0.25, 0.3) is 11.1 Å². The molecule has 0 aromatic heterocycles. The highest BCUT2D eigenvalue weighted by atomic mass is 16.3. The summed E-state index contributed by atoms with van der Waals surface area (Å²) in [7, 11) is 0. The second kappa shape index (κ2) is 8.68. The van der Waals surface area contributed by atoms with E-state index in [4.69, 9.17) is 0 Å². The summed E-state index contributed by atoms with van der Waals surface area (Å²) in [5.41, 5.74) is 2.69. The zero-order valence-corrected chi connectivity index (χ0v) is 16.0. The van der Waals surface area contributed by atoms with E-state index in [-0.39, 0.29) is 12.5 Å². The molecule has 0 spiro atoms. The fraction of sp³-hybridized carbons (Fsp3) is 0.435. The van der Waals surface area contributed by atoms with Crippen molar-refractivity contribution < 1.29 is 15.0 Å². The molecule has 0 saturated carbocycles. The first-order valence-corrected chi connectivity index (χ1v) is 9.79. The number of likely N-dealkylation sites (tertiary alicyclic amines) is 1. The van der Waals surface area contributed by atoms with Crippen LogP contribution in [0.1, 0.15) is 31.7 Å². The maximum Gasteiger partial charge on any atom is 0.227 e. The van der Waals surface area contributed by atoms with Gasteiger partial charge in [-0.3, -0.25) is 4.79 Å². The Balaban J connectivity index is 1.66. The fourth-order valence-electron chi connectivity index (χ4n) is 4.07. The maximum absolute atomic E-state index is 12.8. The van der Waals surface area contributed by atoms with Crippen LogP contribution >= 0.6 is 0 Å². The lowest BCUT2D eigenvalue weighted by molar-refractivity contribution is -0.141. The lowest BCUT2D eigenvalue weighted by atomic mass is 9.74. The van der Waals surface area contributed by atoms with E-state index in [1.807, 2.05) is 54.3 Å². The van der Waals surface area contributed by atoms with Crippen molar-refractivity contribution >= 4 is 5.91 Å². The average molecular weight is 367 g/mol. The molecule has 144 valence electrons. The summed E-state index contributed by atoms with van der Waals surface area (Å²) in [5.74, 6) is 0.0586. The smallest absolute Gasteiger partial charge is 0.227 e. The van der Waals surface area contributed by atoms with E-state index in [2.05, 4.69) is 12.1 Å². The largest absolute Gasteiger partial charge is 0.396 e. The highest BCUT2D eigenvalue weighted by Crippen LogP contribution is 2.35. The molecule has 2 N–H and O–H groups in total. The fourth-order valence-corrected chi connectivity index (χ4v) is 4.07. The van der Waals surface area contributed by atoms with Gasteiger partial charge in [-0.25, -0.2) is 0 Å². The summed E-state index contributed by atoms with van der Waals surface area (Å²) in [6, 6.07) is 18.3. The molecule has 0 bridgehead atoms. The molecule has 1 aliphatic rings. The van der Waals surface area contributed by atoms with Crippen LogP contribution < -0.4 is 0 Å². The minimum atomic E-state index is -0.584. The maximum atomic E-state index is 12.8. The Bertz CT molecular complexity index is 744. The summed E-state index contributed by atoms with van der Waals surface area (Å²) >= 11 is 0. The van der Waals surface area contributed by atoms with Crippen LogP contribution in [0.5, 0.6) is 0 Å². The van der Waals surface area contributed by atoms with Crippen molar-refractivity contribution in [3.8, 4) is 11.1 Å². The van der Waals surface area contributed by atoms with Crippen molar-refractivity contribution in [1.82, 2.24) is 4.90 Å². The first-order chi connectivity index (χ1) is 13.1. The standard InChI is InChI=1S/C23H29NO3/c1-2-13-23(17-25)16-24(14-12-21(23)26)22(27)15-18-8-10-20(11-9-18)19-6-4-3-5-7-19/h3-11,21,25-26H,2,12-17H2,1H3/t21-,23+/m1/s1. The lowest BCUT2D eigenvalue weighted by Gasteiger charge is -2.45. The SMILES string of the molecule is CCC[C@@]1(CO)CN(C(=O)Cc2ccc(-c3ccccc3)cc2)CC[C@H]1O. The van der Waals surface area contributed by atoms with Gasteiger partial charge in [-0.15, -0.1) is 0 Å². The molecule has 0 radical (unpaired) electrons. The second-order valence-corrected chi connectivity index (χ2v) is 7.63. The average Bonchev–Trinajstić information content (AvgIpc) is 2.71. The van der Waals surface area contributed by atoms with Gasteiger partial charge in [0.05, 0.1) is 19.1 Å². The van der Waals surface area contributed by atoms with Gasteiger partial charge in [-0.2, -0.15) is 0 Å². The van der Waals surface area contributed by atoms with Crippen molar-refractivity contribution in [2.45, 2.75) is 38.7 Å². The quantitative estimate of drug-likeness (QED) is 0.824. The molecule has 2 aromatic carbocycles. The van der Waals surface area contributed by atoms with Crippen LogP contribution in [0, 0.1) is 5.41 Å². The number of hydrogen-bond donors (Lipinski definition) is 2. The number of nitrogens with zero attached hydrogens (tertiary/aromatic N) is 1. The van der Waals surface area contributed by atoms with Gasteiger partial charge in [0, 0.05) is 18.5 Å². The van der Waals surface area contributed by atoms with Crippen molar-refractivity contribution in [2.24, 2.45) is 5.41 Å². The van der Waals surface area contributed by atoms with Crippen molar-refractivity contribution in [3.05, 3.63) is 60.2 Å². The molecule has 4 heteroatoms. The molecule has 1 saturated heterocycles. The molecule has 1 fully saturated rings. The molecule has 1 amide bonds. The van der Waals surface area contributed by atoms with E-state index in [1.165, 1.54) is 0 Å². The number of hydrogen-bond acceptors (Lipinski definition) is 3.